The van der Waals surface area contributed by atoms with Gasteiger partial charge >= 0.3 is 0 Å². The lowest BCUT2D eigenvalue weighted by Crippen LogP contribution is -2.54. The molecule has 0 unspecified atom stereocenters. The smallest absolute Gasteiger partial charge is 0.264 e. The van der Waals surface area contributed by atoms with E-state index in [0.717, 1.165) is 46.0 Å². The van der Waals surface area contributed by atoms with E-state index in [0.29, 0.717) is 21.3 Å². The van der Waals surface area contributed by atoms with Crippen molar-refractivity contribution >= 4 is 62.5 Å². The van der Waals surface area contributed by atoms with Crippen LogP contribution in [0.5, 0.6) is 0 Å². The van der Waals surface area contributed by atoms with E-state index in [2.05, 4.69) is 5.32 Å². The van der Waals surface area contributed by atoms with Crippen molar-refractivity contribution in [1.82, 2.24) is 10.2 Å². The molecule has 1 aliphatic rings. The van der Waals surface area contributed by atoms with Crippen LogP contribution >= 0.6 is 35.0 Å². The number of sulfonamides is 1. The molecular formula is C37H39Cl2N3O4S2. The molecule has 1 saturated carbocycles. The Hall–Kier alpha value is -3.50. The Morgan fingerprint density at radius 2 is 1.58 bits per heavy atom. The normalized spacial score (nSPS) is 14.0. The van der Waals surface area contributed by atoms with Crippen LogP contribution in [0, 0.1) is 6.92 Å². The highest BCUT2D eigenvalue weighted by Crippen LogP contribution is 2.29. The molecule has 1 atom stereocenters. The van der Waals surface area contributed by atoms with Crippen LogP contribution in [0.3, 0.4) is 0 Å². The monoisotopic (exact) mass is 723 g/mol. The zero-order valence-corrected chi connectivity index (χ0v) is 30.1. The molecule has 252 valence electrons. The predicted molar refractivity (Wildman–Crippen MR) is 195 cm³/mol. The summed E-state index contributed by atoms with van der Waals surface area (Å²) < 4.78 is 29.7. The number of nitrogens with one attached hydrogen (secondary N) is 1. The first-order chi connectivity index (χ1) is 23.0. The number of hydrogen-bond donors (Lipinski definition) is 1. The quantitative estimate of drug-likeness (QED) is 0.142. The molecule has 0 aromatic heterocycles. The molecule has 11 heteroatoms. The van der Waals surface area contributed by atoms with Gasteiger partial charge in [0.05, 0.1) is 10.6 Å². The second-order valence-corrected chi connectivity index (χ2v) is 15.6. The Morgan fingerprint density at radius 1 is 0.917 bits per heavy atom. The lowest BCUT2D eigenvalue weighted by molar-refractivity contribution is -0.140. The van der Waals surface area contributed by atoms with Crippen molar-refractivity contribution in [2.75, 3.05) is 17.1 Å². The molecule has 1 N–H and O–H groups in total. The number of nitrogens with zero attached hydrogens (tertiary/aromatic N) is 2. The maximum atomic E-state index is 14.7. The maximum Gasteiger partial charge on any atom is 0.264 e. The molecule has 0 saturated heterocycles. The molecule has 0 aliphatic heterocycles. The number of anilines is 1. The van der Waals surface area contributed by atoms with Crippen molar-refractivity contribution in [2.24, 2.45) is 0 Å². The van der Waals surface area contributed by atoms with Gasteiger partial charge in [-0.25, -0.2) is 8.42 Å². The summed E-state index contributed by atoms with van der Waals surface area (Å²) in [6.07, 6.45) is 5.93. The number of rotatable bonds is 13. The van der Waals surface area contributed by atoms with Crippen molar-refractivity contribution in [3.63, 3.8) is 0 Å². The van der Waals surface area contributed by atoms with Gasteiger partial charge in [-0.1, -0.05) is 90.1 Å². The van der Waals surface area contributed by atoms with Crippen LogP contribution in [0.4, 0.5) is 5.69 Å². The van der Waals surface area contributed by atoms with Crippen LogP contribution < -0.4 is 9.62 Å². The van der Waals surface area contributed by atoms with Crippen molar-refractivity contribution in [2.45, 2.75) is 67.4 Å². The highest BCUT2D eigenvalue weighted by molar-refractivity contribution is 7.98. The second-order valence-electron chi connectivity index (χ2n) is 12.0. The standard InChI is InChI=1S/C37H39Cl2N3O4S2/c1-26-12-16-31(17-13-26)42(48(45,46)33-20-18-32(47-2)19-21-33)25-36(43)41(24-28-14-15-29(38)23-34(28)39)35(22-27-8-4-3-5-9-27)37(44)40-30-10-6-7-11-30/h3-5,8-9,12-21,23,30,35H,6-7,10-11,22,24-25H2,1-2H3,(H,40,44)/t35-/m1/s1. The number of carbonyl (C=O) groups excluding carboxylic acids is 2. The Kier molecular flexibility index (Phi) is 12.1. The summed E-state index contributed by atoms with van der Waals surface area (Å²) in [5.74, 6) is -0.838. The summed E-state index contributed by atoms with van der Waals surface area (Å²) >= 11 is 14.3. The molecular weight excluding hydrogens is 685 g/mol. The molecule has 2 amide bonds. The first-order valence-corrected chi connectivity index (χ1v) is 19.3. The minimum Gasteiger partial charge on any atom is -0.352 e. The topological polar surface area (TPSA) is 86.8 Å². The van der Waals surface area contributed by atoms with E-state index < -0.39 is 28.5 Å². The number of hydrogen-bond acceptors (Lipinski definition) is 5. The van der Waals surface area contributed by atoms with Crippen LogP contribution in [0.15, 0.2) is 107 Å². The number of halogens is 2. The average molecular weight is 725 g/mol. The van der Waals surface area contributed by atoms with Crippen molar-refractivity contribution in [3.05, 3.63) is 124 Å². The maximum absolute atomic E-state index is 14.7. The second kappa shape index (κ2) is 16.3. The molecule has 1 fully saturated rings. The predicted octanol–water partition coefficient (Wildman–Crippen LogP) is 7.92. The number of amides is 2. The average Bonchev–Trinajstić information content (AvgIpc) is 3.60. The summed E-state index contributed by atoms with van der Waals surface area (Å²) in [5, 5.41) is 3.96. The van der Waals surface area contributed by atoms with Gasteiger partial charge in [-0.3, -0.25) is 13.9 Å². The Bertz CT molecular complexity index is 1820. The van der Waals surface area contributed by atoms with Crippen LogP contribution in [0.2, 0.25) is 10.0 Å². The molecule has 4 aromatic carbocycles. The number of thioether (sulfide) groups is 1. The first-order valence-electron chi connectivity index (χ1n) is 15.9. The Morgan fingerprint density at radius 3 is 2.21 bits per heavy atom. The Balaban J connectivity index is 1.58. The summed E-state index contributed by atoms with van der Waals surface area (Å²) in [7, 11) is -4.20. The fourth-order valence-electron chi connectivity index (χ4n) is 5.87. The zero-order valence-electron chi connectivity index (χ0n) is 26.9. The lowest BCUT2D eigenvalue weighted by Gasteiger charge is -2.34. The highest BCUT2D eigenvalue weighted by Gasteiger charge is 2.36. The number of benzene rings is 4. The van der Waals surface area contributed by atoms with Crippen LogP contribution in [-0.4, -0.2) is 50.0 Å². The molecule has 48 heavy (non-hydrogen) atoms. The van der Waals surface area contributed by atoms with Crippen LogP contribution in [0.25, 0.3) is 0 Å². The molecule has 7 nitrogen and oxygen atoms in total. The van der Waals surface area contributed by atoms with Crippen LogP contribution in [0.1, 0.15) is 42.4 Å². The van der Waals surface area contributed by atoms with E-state index in [4.69, 9.17) is 23.2 Å². The minimum absolute atomic E-state index is 0.0144. The van der Waals surface area contributed by atoms with E-state index >= 15 is 0 Å². The summed E-state index contributed by atoms with van der Waals surface area (Å²) in [6, 6.07) is 27.1. The first kappa shape index (κ1) is 35.8. The lowest BCUT2D eigenvalue weighted by atomic mass is 10.0. The minimum atomic E-state index is -4.20. The summed E-state index contributed by atoms with van der Waals surface area (Å²) in [5.41, 5.74) is 2.72. The third-order valence-electron chi connectivity index (χ3n) is 8.58. The SMILES string of the molecule is CSc1ccc(S(=O)(=O)N(CC(=O)N(Cc2ccc(Cl)cc2Cl)[C@H](Cc2ccccc2)C(=O)NC2CCCC2)c2ccc(C)cc2)cc1. The number of aryl methyl sites for hydroxylation is 1. The summed E-state index contributed by atoms with van der Waals surface area (Å²) in [6.45, 7) is 1.33. The van der Waals surface area contributed by atoms with Gasteiger partial charge in [0, 0.05) is 33.9 Å². The van der Waals surface area contributed by atoms with Gasteiger partial charge in [-0.05, 0) is 85.7 Å². The van der Waals surface area contributed by atoms with Crippen molar-refractivity contribution in [3.8, 4) is 0 Å². The largest absolute Gasteiger partial charge is 0.352 e. The van der Waals surface area contributed by atoms with Crippen molar-refractivity contribution in [1.29, 1.82) is 0 Å². The van der Waals surface area contributed by atoms with E-state index in [1.807, 2.05) is 43.5 Å². The van der Waals surface area contributed by atoms with Crippen LogP contribution in [-0.2, 0) is 32.6 Å². The van der Waals surface area contributed by atoms with E-state index in [-0.39, 0.29) is 29.8 Å². The van der Waals surface area contributed by atoms with Crippen molar-refractivity contribution < 1.29 is 18.0 Å². The Labute approximate surface area is 297 Å². The van der Waals surface area contributed by atoms with E-state index in [1.54, 1.807) is 66.7 Å². The van der Waals surface area contributed by atoms with Gasteiger partial charge in [-0.2, -0.15) is 0 Å². The molecule has 0 radical (unpaired) electrons. The van der Waals surface area contributed by atoms with E-state index in [9.17, 15) is 18.0 Å². The molecule has 1 aliphatic carbocycles. The summed E-state index contributed by atoms with van der Waals surface area (Å²) in [4.78, 5) is 31.3. The fraction of sp³-hybridized carbons (Fsp3) is 0.297. The molecule has 0 spiro atoms. The number of carbonyl (C=O) groups is 2. The van der Waals surface area contributed by atoms with Gasteiger partial charge in [0.2, 0.25) is 11.8 Å². The third kappa shape index (κ3) is 8.94. The molecule has 4 aromatic rings. The highest BCUT2D eigenvalue weighted by atomic mass is 35.5. The van der Waals surface area contributed by atoms with Gasteiger partial charge in [0.1, 0.15) is 12.6 Å². The third-order valence-corrected chi connectivity index (χ3v) is 11.7. The fourth-order valence-corrected chi connectivity index (χ4v) is 8.16. The van der Waals surface area contributed by atoms with Gasteiger partial charge in [-0.15, -0.1) is 11.8 Å². The van der Waals surface area contributed by atoms with Gasteiger partial charge in [0.25, 0.3) is 10.0 Å². The van der Waals surface area contributed by atoms with Gasteiger partial charge in [0.15, 0.2) is 0 Å². The molecule has 5 rings (SSSR count). The molecule has 0 heterocycles. The zero-order chi connectivity index (χ0) is 34.3. The van der Waals surface area contributed by atoms with E-state index in [1.165, 1.54) is 16.7 Å². The molecule has 0 bridgehead atoms. The van der Waals surface area contributed by atoms with Gasteiger partial charge < -0.3 is 10.2 Å².